The lowest BCUT2D eigenvalue weighted by molar-refractivity contribution is -0.125. The van der Waals surface area contributed by atoms with Crippen LogP contribution in [0.15, 0.2) is 0 Å². The smallest absolute Gasteiger partial charge is 0.245 e. The average Bonchev–Trinajstić information content (AvgIpc) is 2.18. The predicted molar refractivity (Wildman–Crippen MR) is 57.3 cm³/mol. The lowest BCUT2D eigenvalue weighted by atomic mass is 10.3. The van der Waals surface area contributed by atoms with E-state index in [4.69, 9.17) is 4.74 Å². The highest BCUT2D eigenvalue weighted by molar-refractivity contribution is 5.77. The first-order valence-electron chi connectivity index (χ1n) is 5.36. The van der Waals surface area contributed by atoms with Gasteiger partial charge >= 0.3 is 0 Å². The summed E-state index contributed by atoms with van der Waals surface area (Å²) < 4.78 is 5.15. The second-order valence-electron chi connectivity index (χ2n) is 3.11. The number of carbonyl (C=O) groups excluding carboxylic acids is 1. The molecular formula is C10H22N2O2. The van der Waals surface area contributed by atoms with Gasteiger partial charge in [0.15, 0.2) is 0 Å². The van der Waals surface area contributed by atoms with Crippen molar-refractivity contribution < 1.29 is 9.53 Å². The maximum absolute atomic E-state index is 11.1. The van der Waals surface area contributed by atoms with Crippen molar-refractivity contribution in [2.75, 3.05) is 32.8 Å². The van der Waals surface area contributed by atoms with Gasteiger partial charge in [-0.15, -0.1) is 0 Å². The van der Waals surface area contributed by atoms with Crippen molar-refractivity contribution in [3.8, 4) is 0 Å². The number of unbranched alkanes of at least 4 members (excludes halogenated alkanes) is 1. The Morgan fingerprint density at radius 1 is 1.29 bits per heavy atom. The molecule has 0 bridgehead atoms. The first-order valence-corrected chi connectivity index (χ1v) is 5.36. The fourth-order valence-electron chi connectivity index (χ4n) is 0.942. The van der Waals surface area contributed by atoms with Gasteiger partial charge in [-0.1, -0.05) is 20.3 Å². The third-order valence-electron chi connectivity index (χ3n) is 1.76. The van der Waals surface area contributed by atoms with Gasteiger partial charge in [0.1, 0.15) is 6.61 Å². The van der Waals surface area contributed by atoms with Crippen molar-refractivity contribution in [3.05, 3.63) is 0 Å². The maximum atomic E-state index is 11.1. The highest BCUT2D eigenvalue weighted by Gasteiger charge is 1.98. The average molecular weight is 202 g/mol. The van der Waals surface area contributed by atoms with Gasteiger partial charge in [0, 0.05) is 13.1 Å². The SMILES string of the molecule is CCCCNC(=O)COCCNCC. The molecule has 2 N–H and O–H groups in total. The second kappa shape index (κ2) is 10.5. The van der Waals surface area contributed by atoms with Crippen molar-refractivity contribution in [2.24, 2.45) is 0 Å². The summed E-state index contributed by atoms with van der Waals surface area (Å²) in [5.41, 5.74) is 0. The number of ether oxygens (including phenoxy) is 1. The first kappa shape index (κ1) is 13.4. The van der Waals surface area contributed by atoms with Gasteiger partial charge in [-0.05, 0) is 13.0 Å². The molecule has 4 nitrogen and oxygen atoms in total. The van der Waals surface area contributed by atoms with Crippen LogP contribution in [0.25, 0.3) is 0 Å². The maximum Gasteiger partial charge on any atom is 0.245 e. The molecule has 0 aromatic heterocycles. The molecule has 4 heteroatoms. The summed E-state index contributed by atoms with van der Waals surface area (Å²) in [6.07, 6.45) is 2.13. The molecule has 0 atom stereocenters. The van der Waals surface area contributed by atoms with Crippen LogP contribution in [0.1, 0.15) is 26.7 Å². The summed E-state index contributed by atoms with van der Waals surface area (Å²) in [7, 11) is 0. The molecule has 0 rings (SSSR count). The van der Waals surface area contributed by atoms with Gasteiger partial charge in [0.25, 0.3) is 0 Å². The van der Waals surface area contributed by atoms with Crippen molar-refractivity contribution in [2.45, 2.75) is 26.7 Å². The Morgan fingerprint density at radius 3 is 2.71 bits per heavy atom. The van der Waals surface area contributed by atoms with Gasteiger partial charge in [-0.2, -0.15) is 0 Å². The van der Waals surface area contributed by atoms with Gasteiger partial charge in [-0.3, -0.25) is 4.79 Å². The van der Waals surface area contributed by atoms with Crippen molar-refractivity contribution in [3.63, 3.8) is 0 Å². The lowest BCUT2D eigenvalue weighted by Crippen LogP contribution is -2.29. The number of rotatable bonds is 9. The Hall–Kier alpha value is -0.610. The third kappa shape index (κ3) is 9.48. The molecule has 0 fully saturated rings. The molecule has 0 aliphatic rings. The van der Waals surface area contributed by atoms with E-state index >= 15 is 0 Å². The Balaban J connectivity index is 3.10. The summed E-state index contributed by atoms with van der Waals surface area (Å²) in [4.78, 5) is 11.1. The fourth-order valence-corrected chi connectivity index (χ4v) is 0.942. The van der Waals surface area contributed by atoms with Crippen LogP contribution in [0.3, 0.4) is 0 Å². The molecule has 0 saturated carbocycles. The van der Waals surface area contributed by atoms with Crippen molar-refractivity contribution in [1.82, 2.24) is 10.6 Å². The molecule has 0 aliphatic heterocycles. The summed E-state index contributed by atoms with van der Waals surface area (Å²) in [5, 5.41) is 5.91. The second-order valence-corrected chi connectivity index (χ2v) is 3.11. The molecule has 0 aliphatic carbocycles. The lowest BCUT2D eigenvalue weighted by Gasteiger charge is -2.05. The van der Waals surface area contributed by atoms with E-state index in [0.717, 1.165) is 32.5 Å². The molecule has 0 aromatic rings. The van der Waals surface area contributed by atoms with Gasteiger partial charge in [0.2, 0.25) is 5.91 Å². The first-order chi connectivity index (χ1) is 6.81. The summed E-state index contributed by atoms with van der Waals surface area (Å²) in [6.45, 7) is 7.40. The summed E-state index contributed by atoms with van der Waals surface area (Å²) >= 11 is 0. The summed E-state index contributed by atoms with van der Waals surface area (Å²) in [5.74, 6) is -0.0186. The number of likely N-dealkylation sites (N-methyl/N-ethyl adjacent to an activating group) is 1. The minimum atomic E-state index is -0.0186. The quantitative estimate of drug-likeness (QED) is 0.536. The molecule has 0 heterocycles. The number of nitrogens with one attached hydrogen (secondary N) is 2. The Bertz CT molecular complexity index is 140. The molecule has 14 heavy (non-hydrogen) atoms. The van der Waals surface area contributed by atoms with E-state index in [1.165, 1.54) is 0 Å². The molecule has 0 radical (unpaired) electrons. The van der Waals surface area contributed by atoms with Crippen LogP contribution in [-0.2, 0) is 9.53 Å². The molecule has 0 unspecified atom stereocenters. The van der Waals surface area contributed by atoms with Gasteiger partial charge in [0.05, 0.1) is 6.61 Å². The monoisotopic (exact) mass is 202 g/mol. The molecule has 0 spiro atoms. The Morgan fingerprint density at radius 2 is 2.07 bits per heavy atom. The topological polar surface area (TPSA) is 50.4 Å². The van der Waals surface area contributed by atoms with Crippen LogP contribution in [-0.4, -0.2) is 38.8 Å². The molecule has 0 saturated heterocycles. The van der Waals surface area contributed by atoms with E-state index in [-0.39, 0.29) is 12.5 Å². The standard InChI is InChI=1S/C10H22N2O2/c1-3-5-6-12-10(13)9-14-8-7-11-4-2/h11H,3-9H2,1-2H3,(H,12,13). The van der Waals surface area contributed by atoms with Crippen molar-refractivity contribution >= 4 is 5.91 Å². The Labute approximate surface area is 86.4 Å². The van der Waals surface area contributed by atoms with Crippen LogP contribution in [0.5, 0.6) is 0 Å². The Kier molecular flexibility index (Phi) is 10.0. The number of carbonyl (C=O) groups is 1. The van der Waals surface area contributed by atoms with Crippen LogP contribution in [0.2, 0.25) is 0 Å². The fraction of sp³-hybridized carbons (Fsp3) is 0.900. The van der Waals surface area contributed by atoms with E-state index in [0.29, 0.717) is 6.61 Å². The minimum absolute atomic E-state index is 0.0186. The van der Waals surface area contributed by atoms with Crippen LogP contribution >= 0.6 is 0 Å². The highest BCUT2D eigenvalue weighted by atomic mass is 16.5. The number of hydrogen-bond donors (Lipinski definition) is 2. The van der Waals surface area contributed by atoms with Crippen LogP contribution < -0.4 is 10.6 Å². The normalized spacial score (nSPS) is 10.1. The number of hydrogen-bond acceptors (Lipinski definition) is 3. The molecule has 0 aromatic carbocycles. The summed E-state index contributed by atoms with van der Waals surface area (Å²) in [6, 6.07) is 0. The van der Waals surface area contributed by atoms with Crippen LogP contribution in [0, 0.1) is 0 Å². The minimum Gasteiger partial charge on any atom is -0.370 e. The van der Waals surface area contributed by atoms with E-state index in [1.54, 1.807) is 0 Å². The van der Waals surface area contributed by atoms with Crippen LogP contribution in [0.4, 0.5) is 0 Å². The predicted octanol–water partition coefficient (Wildman–Crippen LogP) is 0.529. The van der Waals surface area contributed by atoms with E-state index in [2.05, 4.69) is 17.6 Å². The zero-order valence-corrected chi connectivity index (χ0v) is 9.27. The molecule has 1 amide bonds. The number of amides is 1. The van der Waals surface area contributed by atoms with E-state index in [9.17, 15) is 4.79 Å². The largest absolute Gasteiger partial charge is 0.370 e. The molecule has 84 valence electrons. The van der Waals surface area contributed by atoms with Crippen molar-refractivity contribution in [1.29, 1.82) is 0 Å². The highest BCUT2D eigenvalue weighted by Crippen LogP contribution is 1.82. The molecular weight excluding hydrogens is 180 g/mol. The zero-order valence-electron chi connectivity index (χ0n) is 9.27. The van der Waals surface area contributed by atoms with Gasteiger partial charge in [-0.25, -0.2) is 0 Å². The van der Waals surface area contributed by atoms with E-state index in [1.807, 2.05) is 6.92 Å². The van der Waals surface area contributed by atoms with E-state index < -0.39 is 0 Å². The zero-order chi connectivity index (χ0) is 10.6. The third-order valence-corrected chi connectivity index (χ3v) is 1.76. The van der Waals surface area contributed by atoms with Gasteiger partial charge < -0.3 is 15.4 Å².